The maximum absolute atomic E-state index is 14.8. The summed E-state index contributed by atoms with van der Waals surface area (Å²) in [6.07, 6.45) is 6.58. The lowest BCUT2D eigenvalue weighted by Crippen LogP contribution is -2.51. The zero-order valence-electron chi connectivity index (χ0n) is 21.9. The number of hydrogen-bond donors (Lipinski definition) is 3. The lowest BCUT2D eigenvalue weighted by Gasteiger charge is -2.32. The van der Waals surface area contributed by atoms with E-state index in [1.807, 2.05) is 13.8 Å². The van der Waals surface area contributed by atoms with Crippen LogP contribution in [-0.4, -0.2) is 49.3 Å². The molecule has 36 heavy (non-hydrogen) atoms. The molecule has 0 unspecified atom stereocenters. The molecule has 8 heteroatoms. The lowest BCUT2D eigenvalue weighted by atomic mass is 9.83. The Hall–Kier alpha value is -2.35. The molecule has 0 spiro atoms. The molecule has 0 aliphatic heterocycles. The van der Waals surface area contributed by atoms with E-state index in [9.17, 15) is 19.1 Å². The summed E-state index contributed by atoms with van der Waals surface area (Å²) in [6.45, 7) is 6.33. The highest BCUT2D eigenvalue weighted by atomic mass is 19.1. The third-order valence-corrected chi connectivity index (χ3v) is 8.44. The predicted molar refractivity (Wildman–Crippen MR) is 134 cm³/mol. The topological polar surface area (TPSA) is 96.9 Å². The molecule has 0 saturated heterocycles. The van der Waals surface area contributed by atoms with Gasteiger partial charge in [-0.2, -0.15) is 0 Å². The second kappa shape index (κ2) is 11.0. The highest BCUT2D eigenvalue weighted by Crippen LogP contribution is 2.49. The van der Waals surface area contributed by atoms with E-state index in [0.29, 0.717) is 12.5 Å². The van der Waals surface area contributed by atoms with Crippen LogP contribution in [-0.2, 0) is 4.79 Å². The molecular formula is C28H41FN2O5. The van der Waals surface area contributed by atoms with Crippen molar-refractivity contribution in [3.63, 3.8) is 0 Å². The van der Waals surface area contributed by atoms with E-state index in [1.54, 1.807) is 0 Å². The smallest absolute Gasteiger partial charge is 0.255 e. The van der Waals surface area contributed by atoms with Crippen LogP contribution in [0.2, 0.25) is 0 Å². The molecule has 4 atom stereocenters. The van der Waals surface area contributed by atoms with Crippen molar-refractivity contribution in [2.75, 3.05) is 20.3 Å². The van der Waals surface area contributed by atoms with Gasteiger partial charge < -0.3 is 25.2 Å². The number of hydrogen-bond acceptors (Lipinski definition) is 5. The van der Waals surface area contributed by atoms with E-state index in [2.05, 4.69) is 17.6 Å². The number of carbonyl (C=O) groups is 2. The van der Waals surface area contributed by atoms with Crippen LogP contribution in [0.5, 0.6) is 11.5 Å². The summed E-state index contributed by atoms with van der Waals surface area (Å²) in [5.41, 5.74) is -0.207. The Bertz CT molecular complexity index is 960. The van der Waals surface area contributed by atoms with Gasteiger partial charge in [0.1, 0.15) is 5.75 Å². The second-order valence-electron chi connectivity index (χ2n) is 11.9. The van der Waals surface area contributed by atoms with E-state index in [-0.39, 0.29) is 65.4 Å². The van der Waals surface area contributed by atoms with E-state index in [4.69, 9.17) is 9.47 Å². The Labute approximate surface area is 213 Å². The number of halogens is 1. The summed E-state index contributed by atoms with van der Waals surface area (Å²) in [7, 11) is 1.41. The van der Waals surface area contributed by atoms with E-state index in [0.717, 1.165) is 44.9 Å². The normalized spacial score (nSPS) is 29.6. The minimum absolute atomic E-state index is 0.0290. The number of rotatable bonds is 9. The fourth-order valence-electron chi connectivity index (χ4n) is 6.10. The molecule has 7 nitrogen and oxygen atoms in total. The van der Waals surface area contributed by atoms with Crippen molar-refractivity contribution in [3.05, 3.63) is 23.5 Å². The molecule has 0 heterocycles. The van der Waals surface area contributed by atoms with E-state index in [1.165, 1.54) is 19.2 Å². The molecule has 3 N–H and O–H groups in total. The number of nitrogens with one attached hydrogen (secondary N) is 2. The quantitative estimate of drug-likeness (QED) is 0.471. The molecule has 0 radical (unpaired) electrons. The van der Waals surface area contributed by atoms with Gasteiger partial charge in [-0.25, -0.2) is 4.39 Å². The largest absolute Gasteiger partial charge is 0.496 e. The van der Waals surface area contributed by atoms with Crippen LogP contribution >= 0.6 is 0 Å². The lowest BCUT2D eigenvalue weighted by molar-refractivity contribution is -0.127. The molecule has 3 aliphatic rings. The molecule has 1 aromatic carbocycles. The van der Waals surface area contributed by atoms with Gasteiger partial charge in [0.25, 0.3) is 5.91 Å². The molecule has 0 aromatic heterocycles. The first-order chi connectivity index (χ1) is 17.1. The van der Waals surface area contributed by atoms with Crippen molar-refractivity contribution < 1.29 is 28.6 Å². The van der Waals surface area contributed by atoms with Gasteiger partial charge in [-0.05, 0) is 68.8 Å². The van der Waals surface area contributed by atoms with Crippen LogP contribution in [0.15, 0.2) is 12.1 Å². The summed E-state index contributed by atoms with van der Waals surface area (Å²) < 4.78 is 26.1. The number of amides is 2. The molecule has 200 valence electrons. The Morgan fingerprint density at radius 3 is 2.44 bits per heavy atom. The summed E-state index contributed by atoms with van der Waals surface area (Å²) >= 11 is 0. The van der Waals surface area contributed by atoms with Crippen molar-refractivity contribution in [3.8, 4) is 11.5 Å². The second-order valence-corrected chi connectivity index (χ2v) is 11.9. The predicted octanol–water partition coefficient (Wildman–Crippen LogP) is 4.07. The minimum atomic E-state index is -0.550. The van der Waals surface area contributed by atoms with Gasteiger partial charge in [-0.3, -0.25) is 9.59 Å². The van der Waals surface area contributed by atoms with Crippen LogP contribution in [0.3, 0.4) is 0 Å². The van der Waals surface area contributed by atoms with Crippen LogP contribution in [0.1, 0.15) is 76.1 Å². The van der Waals surface area contributed by atoms with Gasteiger partial charge in [0, 0.05) is 30.7 Å². The van der Waals surface area contributed by atoms with Crippen LogP contribution < -0.4 is 20.1 Å². The molecule has 2 bridgehead atoms. The number of ether oxygens (including phenoxy) is 2. The number of carbonyl (C=O) groups excluding carboxylic acids is 2. The summed E-state index contributed by atoms with van der Waals surface area (Å²) in [5, 5.41) is 15.6. The van der Waals surface area contributed by atoms with Gasteiger partial charge in [0.15, 0.2) is 11.6 Å². The Morgan fingerprint density at radius 2 is 1.78 bits per heavy atom. The maximum atomic E-state index is 14.8. The van der Waals surface area contributed by atoms with Gasteiger partial charge in [0.2, 0.25) is 5.91 Å². The van der Waals surface area contributed by atoms with Crippen LogP contribution in [0, 0.1) is 34.9 Å². The fraction of sp³-hybridized carbons (Fsp3) is 0.714. The van der Waals surface area contributed by atoms with Crippen molar-refractivity contribution in [1.29, 1.82) is 0 Å². The third kappa shape index (κ3) is 5.79. The molecule has 4 rings (SSSR count). The zero-order chi connectivity index (χ0) is 26.0. The molecule has 2 amide bonds. The van der Waals surface area contributed by atoms with Crippen molar-refractivity contribution >= 4 is 11.8 Å². The summed E-state index contributed by atoms with van der Waals surface area (Å²) in [4.78, 5) is 26.6. The first kappa shape index (κ1) is 26.7. The maximum Gasteiger partial charge on any atom is 0.255 e. The SMILES string of the molecule is COc1cc(F)c(OC2CCC(C)CC2)cc1C(=O)N[C@@H]1[C@H]2CC[C@H](C2)[C@@H]1C(=O)NCC(C)(C)CO. The molecular weight excluding hydrogens is 463 g/mol. The minimum Gasteiger partial charge on any atom is -0.496 e. The van der Waals surface area contributed by atoms with E-state index >= 15 is 0 Å². The van der Waals surface area contributed by atoms with Gasteiger partial charge in [-0.15, -0.1) is 0 Å². The first-order valence-corrected chi connectivity index (χ1v) is 13.4. The van der Waals surface area contributed by atoms with Gasteiger partial charge >= 0.3 is 0 Å². The Balaban J connectivity index is 1.49. The zero-order valence-corrected chi connectivity index (χ0v) is 21.9. The van der Waals surface area contributed by atoms with Gasteiger partial charge in [-0.1, -0.05) is 20.8 Å². The number of methoxy groups -OCH3 is 1. The van der Waals surface area contributed by atoms with Crippen LogP contribution in [0.25, 0.3) is 0 Å². The third-order valence-electron chi connectivity index (χ3n) is 8.44. The van der Waals surface area contributed by atoms with E-state index < -0.39 is 11.2 Å². The highest BCUT2D eigenvalue weighted by Gasteiger charge is 2.51. The summed E-state index contributed by atoms with van der Waals surface area (Å²) in [5.74, 6) is -0.0481. The monoisotopic (exact) mass is 504 g/mol. The van der Waals surface area contributed by atoms with Crippen LogP contribution in [0.4, 0.5) is 4.39 Å². The highest BCUT2D eigenvalue weighted by molar-refractivity contribution is 5.98. The average molecular weight is 505 g/mol. The van der Waals surface area contributed by atoms with Crippen molar-refractivity contribution in [1.82, 2.24) is 10.6 Å². The first-order valence-electron chi connectivity index (χ1n) is 13.4. The van der Waals surface area contributed by atoms with Crippen molar-refractivity contribution in [2.24, 2.45) is 29.1 Å². The Morgan fingerprint density at radius 1 is 1.08 bits per heavy atom. The molecule has 3 saturated carbocycles. The Kier molecular flexibility index (Phi) is 8.12. The number of fused-ring (bicyclic) bond motifs is 2. The number of aliphatic hydroxyl groups excluding tert-OH is 1. The summed E-state index contributed by atoms with van der Waals surface area (Å²) in [6, 6.07) is 2.35. The molecule has 3 aliphatic carbocycles. The average Bonchev–Trinajstić information content (AvgIpc) is 3.47. The number of aliphatic hydroxyl groups is 1. The standard InChI is InChI=1S/C28H41FN2O5/c1-16-5-9-19(10-6-16)36-23-12-20(22(35-4)13-21(23)29)26(33)31-25-18-8-7-17(11-18)24(25)27(34)30-14-28(2,3)15-32/h12-13,16-19,24-25,32H,5-11,14-15H2,1-4H3,(H,30,34)(H,31,33)/t16?,17-,18+,19?,24+,25-/m1/s1. The fourth-order valence-corrected chi connectivity index (χ4v) is 6.10. The van der Waals surface area contributed by atoms with Gasteiger partial charge in [0.05, 0.1) is 24.7 Å². The van der Waals surface area contributed by atoms with Crippen molar-refractivity contribution in [2.45, 2.75) is 77.9 Å². The molecule has 3 fully saturated rings. The number of benzene rings is 1. The molecule has 1 aromatic rings.